The van der Waals surface area contributed by atoms with Crippen molar-refractivity contribution in [3.63, 3.8) is 0 Å². The standard InChI is InChI=1S/C14H21N3O2/c1-3-19-14(18)11-6-7-13(16-9-11)17-8-4-5-12(10-17)15-2/h6-7,9,12,15H,3-5,8,10H2,1-2H3. The van der Waals surface area contributed by atoms with Crippen LogP contribution in [0.3, 0.4) is 0 Å². The van der Waals surface area contributed by atoms with Crippen LogP contribution in [0.4, 0.5) is 5.82 Å². The minimum absolute atomic E-state index is 0.312. The molecule has 2 rings (SSSR count). The van der Waals surface area contributed by atoms with Gasteiger partial charge in [0.2, 0.25) is 0 Å². The second kappa shape index (κ2) is 6.52. The fourth-order valence-electron chi connectivity index (χ4n) is 2.33. The summed E-state index contributed by atoms with van der Waals surface area (Å²) in [4.78, 5) is 18.2. The molecule has 0 radical (unpaired) electrons. The van der Waals surface area contributed by atoms with Gasteiger partial charge in [-0.2, -0.15) is 0 Å². The molecule has 19 heavy (non-hydrogen) atoms. The highest BCUT2D eigenvalue weighted by atomic mass is 16.5. The minimum Gasteiger partial charge on any atom is -0.462 e. The van der Waals surface area contributed by atoms with Crippen LogP contribution in [-0.2, 0) is 4.74 Å². The molecule has 0 spiro atoms. The monoisotopic (exact) mass is 263 g/mol. The molecule has 1 aliphatic heterocycles. The van der Waals surface area contributed by atoms with Crippen LogP contribution in [0.1, 0.15) is 30.1 Å². The highest BCUT2D eigenvalue weighted by Gasteiger charge is 2.19. The predicted octanol–water partition coefficient (Wildman–Crippen LogP) is 1.45. The van der Waals surface area contributed by atoms with Gasteiger partial charge in [-0.05, 0) is 38.9 Å². The van der Waals surface area contributed by atoms with Gasteiger partial charge < -0.3 is 15.0 Å². The summed E-state index contributed by atoms with van der Waals surface area (Å²) < 4.78 is 4.95. The number of esters is 1. The van der Waals surface area contributed by atoms with E-state index in [2.05, 4.69) is 15.2 Å². The lowest BCUT2D eigenvalue weighted by molar-refractivity contribution is 0.0526. The molecule has 5 nitrogen and oxygen atoms in total. The summed E-state index contributed by atoms with van der Waals surface area (Å²) in [6.07, 6.45) is 3.96. The Balaban J connectivity index is 2.03. The van der Waals surface area contributed by atoms with Gasteiger partial charge in [0.25, 0.3) is 0 Å². The Labute approximate surface area is 114 Å². The molecule has 0 aromatic carbocycles. The molecule has 0 amide bonds. The number of hydrogen-bond donors (Lipinski definition) is 1. The number of hydrogen-bond acceptors (Lipinski definition) is 5. The van der Waals surface area contributed by atoms with E-state index >= 15 is 0 Å². The summed E-state index contributed by atoms with van der Waals surface area (Å²) in [5.41, 5.74) is 0.507. The van der Waals surface area contributed by atoms with Crippen LogP contribution < -0.4 is 10.2 Å². The maximum atomic E-state index is 11.5. The molecule has 104 valence electrons. The summed E-state index contributed by atoms with van der Waals surface area (Å²) in [6, 6.07) is 4.19. The lowest BCUT2D eigenvalue weighted by Gasteiger charge is -2.33. The number of aromatic nitrogens is 1. The summed E-state index contributed by atoms with van der Waals surface area (Å²) in [5.74, 6) is 0.612. The zero-order valence-corrected chi connectivity index (χ0v) is 11.6. The number of carbonyl (C=O) groups is 1. The van der Waals surface area contributed by atoms with Crippen molar-refractivity contribution in [3.05, 3.63) is 23.9 Å². The number of carbonyl (C=O) groups excluding carboxylic acids is 1. The third-order valence-electron chi connectivity index (χ3n) is 3.41. The average Bonchev–Trinajstić information content (AvgIpc) is 2.48. The van der Waals surface area contributed by atoms with E-state index in [9.17, 15) is 4.79 Å². The Morgan fingerprint density at radius 2 is 2.42 bits per heavy atom. The highest BCUT2D eigenvalue weighted by molar-refractivity contribution is 5.89. The highest BCUT2D eigenvalue weighted by Crippen LogP contribution is 2.18. The van der Waals surface area contributed by atoms with Crippen LogP contribution in [0.5, 0.6) is 0 Å². The number of nitrogens with one attached hydrogen (secondary N) is 1. The number of rotatable bonds is 4. The molecule has 1 aromatic rings. The van der Waals surface area contributed by atoms with E-state index in [1.54, 1.807) is 19.2 Å². The van der Waals surface area contributed by atoms with Crippen LogP contribution in [0.15, 0.2) is 18.3 Å². The molecule has 0 saturated carbocycles. The Morgan fingerprint density at radius 3 is 3.05 bits per heavy atom. The van der Waals surface area contributed by atoms with Gasteiger partial charge in [0, 0.05) is 25.3 Å². The van der Waals surface area contributed by atoms with Gasteiger partial charge >= 0.3 is 5.97 Å². The van der Waals surface area contributed by atoms with Gasteiger partial charge in [-0.25, -0.2) is 9.78 Å². The van der Waals surface area contributed by atoms with E-state index in [0.717, 1.165) is 25.3 Å². The quantitative estimate of drug-likeness (QED) is 0.833. The molecule has 1 N–H and O–H groups in total. The Kier molecular flexibility index (Phi) is 4.74. The molecule has 1 saturated heterocycles. The fourth-order valence-corrected chi connectivity index (χ4v) is 2.33. The van der Waals surface area contributed by atoms with Crippen molar-refractivity contribution in [3.8, 4) is 0 Å². The zero-order chi connectivity index (χ0) is 13.7. The zero-order valence-electron chi connectivity index (χ0n) is 11.6. The molecule has 0 aliphatic carbocycles. The third-order valence-corrected chi connectivity index (χ3v) is 3.41. The maximum absolute atomic E-state index is 11.5. The number of anilines is 1. The lowest BCUT2D eigenvalue weighted by Crippen LogP contribution is -2.44. The van der Waals surface area contributed by atoms with E-state index < -0.39 is 0 Å². The first-order chi connectivity index (χ1) is 9.24. The molecule has 1 aliphatic rings. The summed E-state index contributed by atoms with van der Waals surface area (Å²) in [7, 11) is 1.99. The molecule has 1 fully saturated rings. The van der Waals surface area contributed by atoms with Crippen LogP contribution in [0.25, 0.3) is 0 Å². The van der Waals surface area contributed by atoms with E-state index in [1.165, 1.54) is 6.42 Å². The fraction of sp³-hybridized carbons (Fsp3) is 0.571. The SMILES string of the molecule is CCOC(=O)c1ccc(N2CCCC(NC)C2)nc1. The number of pyridine rings is 1. The molecule has 1 aromatic heterocycles. The van der Waals surface area contributed by atoms with Gasteiger partial charge in [-0.1, -0.05) is 0 Å². The van der Waals surface area contributed by atoms with E-state index in [0.29, 0.717) is 18.2 Å². The average molecular weight is 263 g/mol. The number of likely N-dealkylation sites (N-methyl/N-ethyl adjacent to an activating group) is 1. The summed E-state index contributed by atoms with van der Waals surface area (Å²) >= 11 is 0. The molecule has 0 bridgehead atoms. The Morgan fingerprint density at radius 1 is 1.58 bits per heavy atom. The van der Waals surface area contributed by atoms with Gasteiger partial charge in [0.1, 0.15) is 5.82 Å². The first-order valence-corrected chi connectivity index (χ1v) is 6.80. The van der Waals surface area contributed by atoms with E-state index in [4.69, 9.17) is 4.74 Å². The largest absolute Gasteiger partial charge is 0.462 e. The van der Waals surface area contributed by atoms with Crippen molar-refractivity contribution in [2.24, 2.45) is 0 Å². The maximum Gasteiger partial charge on any atom is 0.339 e. The second-order valence-electron chi connectivity index (χ2n) is 4.70. The van der Waals surface area contributed by atoms with Crippen LogP contribution in [0, 0.1) is 0 Å². The van der Waals surface area contributed by atoms with Crippen LogP contribution >= 0.6 is 0 Å². The van der Waals surface area contributed by atoms with Crippen LogP contribution in [0.2, 0.25) is 0 Å². The van der Waals surface area contributed by atoms with Crippen LogP contribution in [-0.4, -0.2) is 43.7 Å². The molecule has 2 heterocycles. The lowest BCUT2D eigenvalue weighted by atomic mass is 10.1. The molecule has 5 heteroatoms. The van der Waals surface area contributed by atoms with Crippen molar-refractivity contribution in [1.29, 1.82) is 0 Å². The third kappa shape index (κ3) is 3.44. The van der Waals surface area contributed by atoms with E-state index in [1.807, 2.05) is 13.1 Å². The Hall–Kier alpha value is -1.62. The van der Waals surface area contributed by atoms with Gasteiger partial charge in [-0.15, -0.1) is 0 Å². The predicted molar refractivity (Wildman–Crippen MR) is 74.5 cm³/mol. The Bertz CT molecular complexity index is 419. The van der Waals surface area contributed by atoms with Crippen molar-refractivity contribution in [2.75, 3.05) is 31.6 Å². The second-order valence-corrected chi connectivity index (χ2v) is 4.70. The normalized spacial score (nSPS) is 19.3. The number of ether oxygens (including phenoxy) is 1. The summed E-state index contributed by atoms with van der Waals surface area (Å²) in [6.45, 7) is 4.16. The van der Waals surface area contributed by atoms with Crippen molar-refractivity contribution in [1.82, 2.24) is 10.3 Å². The van der Waals surface area contributed by atoms with Gasteiger partial charge in [0.15, 0.2) is 0 Å². The van der Waals surface area contributed by atoms with Crippen molar-refractivity contribution in [2.45, 2.75) is 25.8 Å². The molecular weight excluding hydrogens is 242 g/mol. The first-order valence-electron chi connectivity index (χ1n) is 6.80. The van der Waals surface area contributed by atoms with Gasteiger partial charge in [0.05, 0.1) is 12.2 Å². The topological polar surface area (TPSA) is 54.5 Å². The smallest absolute Gasteiger partial charge is 0.339 e. The number of nitrogens with zero attached hydrogens (tertiary/aromatic N) is 2. The van der Waals surface area contributed by atoms with Crippen molar-refractivity contribution >= 4 is 11.8 Å². The number of piperidine rings is 1. The first kappa shape index (κ1) is 13.8. The van der Waals surface area contributed by atoms with Gasteiger partial charge in [-0.3, -0.25) is 0 Å². The van der Waals surface area contributed by atoms with Crippen molar-refractivity contribution < 1.29 is 9.53 Å². The minimum atomic E-state index is -0.312. The molecule has 1 unspecified atom stereocenters. The summed E-state index contributed by atoms with van der Waals surface area (Å²) in [5, 5.41) is 3.31. The van der Waals surface area contributed by atoms with E-state index in [-0.39, 0.29) is 5.97 Å². The molecular formula is C14H21N3O2. The molecule has 1 atom stereocenters.